The Morgan fingerprint density at radius 2 is 1.87 bits per heavy atom. The fourth-order valence-electron chi connectivity index (χ4n) is 4.66. The maximum atomic E-state index is 11.3. The van der Waals surface area contributed by atoms with Gasteiger partial charge in [0.05, 0.1) is 12.5 Å². The molecule has 1 N–H and O–H groups in total. The molecule has 30 heavy (non-hydrogen) atoms. The van der Waals surface area contributed by atoms with E-state index in [2.05, 4.69) is 55.1 Å². The molecule has 1 fully saturated rings. The Bertz CT molecular complexity index is 811. The molecule has 2 aromatic rings. The smallest absolute Gasteiger partial charge is 0.306 e. The molecule has 0 radical (unpaired) electrons. The highest BCUT2D eigenvalue weighted by molar-refractivity contribution is 5.89. The van der Waals surface area contributed by atoms with Gasteiger partial charge in [0, 0.05) is 11.4 Å². The van der Waals surface area contributed by atoms with Crippen LogP contribution in [0.15, 0.2) is 36.4 Å². The van der Waals surface area contributed by atoms with Crippen molar-refractivity contribution in [2.75, 3.05) is 19.7 Å². The minimum absolute atomic E-state index is 0.183. The largest absolute Gasteiger partial charge is 0.493 e. The molecule has 0 aromatic heterocycles. The third kappa shape index (κ3) is 5.75. The van der Waals surface area contributed by atoms with Crippen molar-refractivity contribution in [3.05, 3.63) is 42.0 Å². The third-order valence-corrected chi connectivity index (χ3v) is 6.46. The van der Waals surface area contributed by atoms with Gasteiger partial charge >= 0.3 is 5.97 Å². The summed E-state index contributed by atoms with van der Waals surface area (Å²) in [4.78, 5) is 13.7. The molecule has 1 saturated heterocycles. The van der Waals surface area contributed by atoms with Gasteiger partial charge in [-0.05, 0) is 61.9 Å². The standard InChI is InChI=1S/C26H37NO3/c1-3-5-6-7-8-18-30-25-11-9-10-21-19-22(12-13-23(21)25)24(4-2)27-16-14-20(15-17-27)26(28)29/h9-13,19-20,24H,3-8,14-18H2,1-2H3,(H,28,29). The number of carbonyl (C=O) groups is 1. The average Bonchev–Trinajstić information content (AvgIpc) is 2.77. The van der Waals surface area contributed by atoms with E-state index in [0.29, 0.717) is 6.04 Å². The maximum Gasteiger partial charge on any atom is 0.306 e. The number of ether oxygens (including phenoxy) is 1. The highest BCUT2D eigenvalue weighted by Gasteiger charge is 2.28. The molecule has 4 nitrogen and oxygen atoms in total. The predicted molar refractivity (Wildman–Crippen MR) is 123 cm³/mol. The second kappa shape index (κ2) is 11.4. The summed E-state index contributed by atoms with van der Waals surface area (Å²) in [5.74, 6) is 0.146. The lowest BCUT2D eigenvalue weighted by molar-refractivity contribution is -0.143. The second-order valence-electron chi connectivity index (χ2n) is 8.57. The van der Waals surface area contributed by atoms with Crippen LogP contribution in [0, 0.1) is 5.92 Å². The zero-order chi connectivity index (χ0) is 21.3. The first kappa shape index (κ1) is 22.6. The second-order valence-corrected chi connectivity index (χ2v) is 8.57. The van der Waals surface area contributed by atoms with Gasteiger partial charge in [-0.15, -0.1) is 0 Å². The Kier molecular flexibility index (Phi) is 8.56. The summed E-state index contributed by atoms with van der Waals surface area (Å²) in [7, 11) is 0. The molecule has 1 heterocycles. The minimum Gasteiger partial charge on any atom is -0.493 e. The highest BCUT2D eigenvalue weighted by Crippen LogP contribution is 2.33. The first-order valence-electron chi connectivity index (χ1n) is 11.8. The third-order valence-electron chi connectivity index (χ3n) is 6.46. The summed E-state index contributed by atoms with van der Waals surface area (Å²) in [5, 5.41) is 11.7. The molecule has 1 unspecified atom stereocenters. The number of aliphatic carboxylic acids is 1. The van der Waals surface area contributed by atoms with Crippen LogP contribution in [-0.2, 0) is 4.79 Å². The molecule has 1 aliphatic heterocycles. The van der Waals surface area contributed by atoms with Gasteiger partial charge < -0.3 is 9.84 Å². The van der Waals surface area contributed by atoms with E-state index in [0.717, 1.165) is 51.1 Å². The van der Waals surface area contributed by atoms with Crippen molar-refractivity contribution in [1.29, 1.82) is 0 Å². The van der Waals surface area contributed by atoms with Gasteiger partial charge in [0.25, 0.3) is 0 Å². The Balaban J connectivity index is 1.66. The Morgan fingerprint density at radius 1 is 1.10 bits per heavy atom. The van der Waals surface area contributed by atoms with Crippen molar-refractivity contribution in [2.45, 2.75) is 71.3 Å². The van der Waals surface area contributed by atoms with Gasteiger partial charge in [-0.25, -0.2) is 0 Å². The minimum atomic E-state index is -0.647. The first-order valence-corrected chi connectivity index (χ1v) is 11.8. The van der Waals surface area contributed by atoms with Gasteiger partial charge in [0.15, 0.2) is 0 Å². The van der Waals surface area contributed by atoms with Gasteiger partial charge in [0.1, 0.15) is 5.75 Å². The fourth-order valence-corrected chi connectivity index (χ4v) is 4.66. The monoisotopic (exact) mass is 411 g/mol. The summed E-state index contributed by atoms with van der Waals surface area (Å²) >= 11 is 0. The van der Waals surface area contributed by atoms with Crippen LogP contribution in [-0.4, -0.2) is 35.7 Å². The number of hydrogen-bond acceptors (Lipinski definition) is 3. The molecule has 0 amide bonds. The number of unbranched alkanes of at least 4 members (excludes halogenated alkanes) is 4. The highest BCUT2D eigenvalue weighted by atomic mass is 16.5. The number of rotatable bonds is 11. The molecule has 1 atom stereocenters. The molecular formula is C26H37NO3. The van der Waals surface area contributed by atoms with Gasteiger partial charge in [-0.3, -0.25) is 9.69 Å². The van der Waals surface area contributed by atoms with Crippen LogP contribution in [0.2, 0.25) is 0 Å². The van der Waals surface area contributed by atoms with Crippen LogP contribution >= 0.6 is 0 Å². The maximum absolute atomic E-state index is 11.3. The number of carboxylic acid groups (broad SMARTS) is 1. The van der Waals surface area contributed by atoms with Gasteiger partial charge in [-0.1, -0.05) is 63.8 Å². The molecule has 2 aromatic carbocycles. The van der Waals surface area contributed by atoms with Crippen molar-refractivity contribution < 1.29 is 14.6 Å². The normalized spacial score (nSPS) is 16.6. The Hall–Kier alpha value is -2.07. The van der Waals surface area contributed by atoms with Crippen molar-refractivity contribution in [2.24, 2.45) is 5.92 Å². The molecule has 0 aliphatic carbocycles. The van der Waals surface area contributed by atoms with Crippen LogP contribution in [0.5, 0.6) is 5.75 Å². The predicted octanol–water partition coefficient (Wildman–Crippen LogP) is 6.44. The number of benzene rings is 2. The number of hydrogen-bond donors (Lipinski definition) is 1. The number of nitrogens with zero attached hydrogens (tertiary/aromatic N) is 1. The quantitative estimate of drug-likeness (QED) is 0.432. The van der Waals surface area contributed by atoms with Crippen LogP contribution in [0.3, 0.4) is 0 Å². The molecule has 0 bridgehead atoms. The zero-order valence-electron chi connectivity index (χ0n) is 18.6. The van der Waals surface area contributed by atoms with Crippen LogP contribution in [0.1, 0.15) is 76.8 Å². The molecule has 0 saturated carbocycles. The van der Waals surface area contributed by atoms with Crippen molar-refractivity contribution in [3.63, 3.8) is 0 Å². The number of piperidine rings is 1. The Labute approximate surface area is 181 Å². The molecule has 1 aliphatic rings. The van der Waals surface area contributed by atoms with Crippen molar-refractivity contribution in [3.8, 4) is 5.75 Å². The van der Waals surface area contributed by atoms with E-state index in [1.807, 2.05) is 0 Å². The van der Waals surface area contributed by atoms with E-state index >= 15 is 0 Å². The lowest BCUT2D eigenvalue weighted by atomic mass is 9.92. The SMILES string of the molecule is CCCCCCCOc1cccc2cc(C(CC)N3CCC(C(=O)O)CC3)ccc12. The van der Waals surface area contributed by atoms with Gasteiger partial charge in [0.2, 0.25) is 0 Å². The fraction of sp³-hybridized carbons (Fsp3) is 0.577. The molecule has 164 valence electrons. The van der Waals surface area contributed by atoms with E-state index in [9.17, 15) is 9.90 Å². The van der Waals surface area contributed by atoms with Crippen LogP contribution < -0.4 is 4.74 Å². The van der Waals surface area contributed by atoms with Crippen LogP contribution in [0.25, 0.3) is 10.8 Å². The van der Waals surface area contributed by atoms with E-state index in [1.54, 1.807) is 0 Å². The van der Waals surface area contributed by atoms with Crippen molar-refractivity contribution in [1.82, 2.24) is 4.90 Å². The molecule has 4 heteroatoms. The van der Waals surface area contributed by atoms with Gasteiger partial charge in [-0.2, -0.15) is 0 Å². The summed E-state index contributed by atoms with van der Waals surface area (Å²) < 4.78 is 6.11. The van der Waals surface area contributed by atoms with E-state index < -0.39 is 5.97 Å². The van der Waals surface area contributed by atoms with Crippen LogP contribution in [0.4, 0.5) is 0 Å². The summed E-state index contributed by atoms with van der Waals surface area (Å²) in [5.41, 5.74) is 1.32. The lowest BCUT2D eigenvalue weighted by Crippen LogP contribution is -2.38. The number of likely N-dealkylation sites (tertiary alicyclic amines) is 1. The first-order chi connectivity index (χ1) is 14.6. The average molecular weight is 412 g/mol. The lowest BCUT2D eigenvalue weighted by Gasteiger charge is -2.36. The van der Waals surface area contributed by atoms with E-state index in [1.165, 1.54) is 42.0 Å². The van der Waals surface area contributed by atoms with E-state index in [-0.39, 0.29) is 5.92 Å². The Morgan fingerprint density at radius 3 is 2.57 bits per heavy atom. The summed E-state index contributed by atoms with van der Waals surface area (Å²) in [6, 6.07) is 13.4. The number of carboxylic acids is 1. The molecular weight excluding hydrogens is 374 g/mol. The summed E-state index contributed by atoms with van der Waals surface area (Å²) in [6.45, 7) is 6.95. The number of fused-ring (bicyclic) bond motifs is 1. The zero-order valence-corrected chi connectivity index (χ0v) is 18.6. The topological polar surface area (TPSA) is 49.8 Å². The molecule has 0 spiro atoms. The molecule has 3 rings (SSSR count). The van der Waals surface area contributed by atoms with Crippen molar-refractivity contribution >= 4 is 16.7 Å². The summed E-state index contributed by atoms with van der Waals surface area (Å²) in [6.07, 6.45) is 8.73. The van der Waals surface area contributed by atoms with E-state index in [4.69, 9.17) is 4.74 Å².